The fourth-order valence-electron chi connectivity index (χ4n) is 5.42. The van der Waals surface area contributed by atoms with Gasteiger partial charge in [0.25, 0.3) is 0 Å². The molecule has 13 nitrogen and oxygen atoms in total. The molecule has 2 heterocycles. The number of esters is 1. The summed E-state index contributed by atoms with van der Waals surface area (Å²) >= 11 is 0. The molecular weight excluding hydrogens is 634 g/mol. The molecule has 1 aromatic carbocycles. The lowest BCUT2D eigenvalue weighted by Crippen LogP contribution is -2.45. The van der Waals surface area contributed by atoms with E-state index in [1.807, 2.05) is 0 Å². The number of aromatic nitrogens is 1. The largest absolute Gasteiger partial charge is 0.461 e. The number of nitrogens with zero attached hydrogens (tertiary/aromatic N) is 3. The van der Waals surface area contributed by atoms with Crippen molar-refractivity contribution in [2.75, 3.05) is 13.7 Å². The van der Waals surface area contributed by atoms with Crippen LogP contribution in [-0.2, 0) is 23.4 Å². The van der Waals surface area contributed by atoms with Crippen molar-refractivity contribution in [2.24, 2.45) is 21.7 Å². The molecular formula is C29H39F3N5O8P. The van der Waals surface area contributed by atoms with E-state index in [0.717, 1.165) is 0 Å². The van der Waals surface area contributed by atoms with E-state index >= 15 is 0 Å². The number of aliphatic imine (C=N–C) groups is 1. The van der Waals surface area contributed by atoms with Gasteiger partial charge in [-0.2, -0.15) is 23.4 Å². The van der Waals surface area contributed by atoms with Gasteiger partial charge in [-0.1, -0.05) is 18.2 Å². The highest BCUT2D eigenvalue weighted by molar-refractivity contribution is 7.52. The second-order valence-electron chi connectivity index (χ2n) is 11.5. The van der Waals surface area contributed by atoms with Crippen LogP contribution in [0.15, 0.2) is 52.6 Å². The first-order valence-electron chi connectivity index (χ1n) is 14.6. The summed E-state index contributed by atoms with van der Waals surface area (Å²) in [6.07, 6.45) is -9.46. The molecule has 2 aliphatic rings. The summed E-state index contributed by atoms with van der Waals surface area (Å²) in [5.41, 5.74) is 4.96. The van der Waals surface area contributed by atoms with Crippen molar-refractivity contribution in [3.8, 4) is 5.75 Å². The van der Waals surface area contributed by atoms with Gasteiger partial charge in [-0.15, -0.1) is 0 Å². The van der Waals surface area contributed by atoms with Gasteiger partial charge in [0.15, 0.2) is 0 Å². The third kappa shape index (κ3) is 7.99. The monoisotopic (exact) mass is 673 g/mol. The van der Waals surface area contributed by atoms with Crippen LogP contribution in [0, 0.1) is 5.92 Å². The van der Waals surface area contributed by atoms with Gasteiger partial charge in [-0.3, -0.25) is 14.3 Å². The number of nitrogens with two attached hydrogens (primary N) is 1. The van der Waals surface area contributed by atoms with Crippen LogP contribution in [0.3, 0.4) is 0 Å². The number of ether oxygens (including phenoxy) is 2. The molecule has 0 bridgehead atoms. The SMILES string of the molecule is C=Nn1c(/C(N)=N\C)ccc1[C@@H]1O[C@](C)(COP(=O)(N[C@@H](C)C(=O)O[C@H]2CC[C@H](C(F)(F)F)CC2)Oc2ccccc2)[C@@H](O)[C@H]1O. The Hall–Kier alpha value is -3.27. The quantitative estimate of drug-likeness (QED) is 0.112. The minimum Gasteiger partial charge on any atom is -0.461 e. The highest BCUT2D eigenvalue weighted by Gasteiger charge is 2.54. The van der Waals surface area contributed by atoms with Crippen molar-refractivity contribution in [3.05, 3.63) is 53.9 Å². The molecule has 0 radical (unpaired) electrons. The molecule has 46 heavy (non-hydrogen) atoms. The number of halogens is 3. The minimum atomic E-state index is -4.44. The summed E-state index contributed by atoms with van der Waals surface area (Å²) in [6.45, 7) is 5.71. The van der Waals surface area contributed by atoms with Gasteiger partial charge in [0.05, 0.1) is 18.2 Å². The molecule has 6 atom stereocenters. The number of aliphatic hydroxyl groups excluding tert-OH is 2. The molecule has 4 rings (SSSR count). The molecule has 1 unspecified atom stereocenters. The summed E-state index contributed by atoms with van der Waals surface area (Å²) in [4.78, 5) is 16.8. The lowest BCUT2D eigenvalue weighted by molar-refractivity contribution is -0.188. The number of amidine groups is 1. The Bertz CT molecular complexity index is 1450. The van der Waals surface area contributed by atoms with Crippen LogP contribution in [-0.4, -0.2) is 83.2 Å². The first kappa shape index (κ1) is 35.6. The molecule has 1 aliphatic heterocycles. The van der Waals surface area contributed by atoms with Gasteiger partial charge in [-0.05, 0) is 63.8 Å². The van der Waals surface area contributed by atoms with E-state index in [1.54, 1.807) is 30.3 Å². The molecule has 2 aromatic rings. The summed E-state index contributed by atoms with van der Waals surface area (Å²) in [5.74, 6) is -2.04. The van der Waals surface area contributed by atoms with Crippen LogP contribution >= 0.6 is 7.75 Å². The third-order valence-electron chi connectivity index (χ3n) is 8.09. The number of nitrogens with one attached hydrogen (secondary N) is 1. The second kappa shape index (κ2) is 14.2. The molecule has 2 fully saturated rings. The smallest absolute Gasteiger partial charge is 0.459 e. The number of aliphatic hydroxyl groups is 2. The van der Waals surface area contributed by atoms with Crippen LogP contribution < -0.4 is 15.3 Å². The summed E-state index contributed by atoms with van der Waals surface area (Å²) in [7, 11) is -2.95. The number of hydrogen-bond donors (Lipinski definition) is 4. The average molecular weight is 674 g/mol. The fraction of sp³-hybridized carbons (Fsp3) is 0.552. The number of benzene rings is 1. The maximum atomic E-state index is 14.1. The van der Waals surface area contributed by atoms with Gasteiger partial charge in [0.1, 0.15) is 53.3 Å². The van der Waals surface area contributed by atoms with Crippen molar-refractivity contribution in [1.29, 1.82) is 0 Å². The van der Waals surface area contributed by atoms with Crippen molar-refractivity contribution in [2.45, 2.75) is 81.8 Å². The van der Waals surface area contributed by atoms with Gasteiger partial charge < -0.3 is 29.9 Å². The number of alkyl halides is 3. The van der Waals surface area contributed by atoms with Crippen LogP contribution in [0.4, 0.5) is 13.2 Å². The van der Waals surface area contributed by atoms with Gasteiger partial charge in [0.2, 0.25) is 0 Å². The van der Waals surface area contributed by atoms with Crippen molar-refractivity contribution in [1.82, 2.24) is 9.76 Å². The lowest BCUT2D eigenvalue weighted by atomic mass is 9.87. The van der Waals surface area contributed by atoms with Crippen LogP contribution in [0.25, 0.3) is 0 Å². The first-order chi connectivity index (χ1) is 21.6. The molecule has 1 aliphatic carbocycles. The van der Waals surface area contributed by atoms with Crippen LogP contribution in [0.2, 0.25) is 0 Å². The Balaban J connectivity index is 1.48. The number of para-hydroxylation sites is 1. The van der Waals surface area contributed by atoms with E-state index in [2.05, 4.69) is 21.9 Å². The molecule has 1 saturated carbocycles. The average Bonchev–Trinajstić information content (AvgIpc) is 3.54. The fourth-order valence-corrected chi connectivity index (χ4v) is 7.01. The third-order valence-corrected chi connectivity index (χ3v) is 9.72. The van der Waals surface area contributed by atoms with Crippen molar-refractivity contribution < 1.29 is 51.3 Å². The molecule has 17 heteroatoms. The van der Waals surface area contributed by atoms with E-state index < -0.39 is 68.5 Å². The Labute approximate surface area is 264 Å². The Morgan fingerprint density at radius 1 is 1.22 bits per heavy atom. The first-order valence-corrected chi connectivity index (χ1v) is 16.1. The number of rotatable bonds is 12. The molecule has 1 saturated heterocycles. The Morgan fingerprint density at radius 2 is 1.87 bits per heavy atom. The van der Waals surface area contributed by atoms with E-state index in [9.17, 15) is 32.7 Å². The normalized spacial score (nSPS) is 29.1. The van der Waals surface area contributed by atoms with Crippen molar-refractivity contribution >= 4 is 26.3 Å². The molecule has 5 N–H and O–H groups in total. The van der Waals surface area contributed by atoms with Gasteiger partial charge >= 0.3 is 19.9 Å². The maximum Gasteiger partial charge on any atom is 0.459 e. The molecule has 0 spiro atoms. The van der Waals surface area contributed by atoms with E-state index in [4.69, 9.17) is 24.3 Å². The van der Waals surface area contributed by atoms with Crippen LogP contribution in [0.5, 0.6) is 5.75 Å². The zero-order chi connectivity index (χ0) is 33.9. The summed E-state index contributed by atoms with van der Waals surface area (Å²) < 4.78 is 77.3. The highest BCUT2D eigenvalue weighted by atomic mass is 31.2. The predicted molar refractivity (Wildman–Crippen MR) is 161 cm³/mol. The zero-order valence-electron chi connectivity index (χ0n) is 25.6. The number of carbonyl (C=O) groups excluding carboxylic acids is 1. The summed E-state index contributed by atoms with van der Waals surface area (Å²) in [5, 5.41) is 28.4. The minimum absolute atomic E-state index is 0.0402. The molecule has 1 aromatic heterocycles. The maximum absolute atomic E-state index is 14.1. The van der Waals surface area contributed by atoms with E-state index in [1.165, 1.54) is 37.7 Å². The Morgan fingerprint density at radius 3 is 2.46 bits per heavy atom. The van der Waals surface area contributed by atoms with Crippen molar-refractivity contribution in [3.63, 3.8) is 0 Å². The molecule has 0 amide bonds. The topological polar surface area (TPSA) is 179 Å². The lowest BCUT2D eigenvalue weighted by Gasteiger charge is -2.31. The number of hydrogen-bond acceptors (Lipinski definition) is 10. The predicted octanol–water partition coefficient (Wildman–Crippen LogP) is 3.68. The summed E-state index contributed by atoms with van der Waals surface area (Å²) in [6, 6.07) is 9.83. The highest BCUT2D eigenvalue weighted by Crippen LogP contribution is 2.48. The second-order valence-corrected chi connectivity index (χ2v) is 13.2. The Kier molecular flexibility index (Phi) is 11.0. The van der Waals surface area contributed by atoms with Crippen LogP contribution in [0.1, 0.15) is 57.0 Å². The molecule has 254 valence electrons. The zero-order valence-corrected chi connectivity index (χ0v) is 26.5. The van der Waals surface area contributed by atoms with E-state index in [-0.39, 0.29) is 37.3 Å². The van der Waals surface area contributed by atoms with E-state index in [0.29, 0.717) is 11.4 Å². The number of carbonyl (C=O) groups is 1. The van der Waals surface area contributed by atoms with Gasteiger partial charge in [-0.25, -0.2) is 9.24 Å². The van der Waals surface area contributed by atoms with Gasteiger partial charge in [0, 0.05) is 13.8 Å². The standard InChI is InChI=1S/C29H39F3N5O8P/c1-17(27(40)43-19-12-10-18(11-13-19)29(30,31)32)36-46(41,45-20-8-6-5-7-9-20)42-16-28(2)25(39)23(38)24(44-28)21-14-15-22(26(33)34-3)37(21)35-4/h5-9,14-15,17-19,23-25,38-39H,4,10-13,16H2,1-3H3,(H2,33,34)(H,36,41)/t17-,18-,19-,23-,24-,25-,28+,46?/m0/s1.